The number of rotatable bonds is 0. The molecule has 0 saturated carbocycles. The summed E-state index contributed by atoms with van der Waals surface area (Å²) in [6.45, 7) is 0. The molecule has 0 rings (SSSR count). The third-order valence-corrected chi connectivity index (χ3v) is 0. The van der Waals surface area contributed by atoms with Crippen LogP contribution in [-0.2, 0) is 0 Å². The molecule has 0 spiro atoms. The van der Waals surface area contributed by atoms with Crippen molar-refractivity contribution < 1.29 is 0 Å². The Kier molecular flexibility index (Phi) is 3.48. The summed E-state index contributed by atoms with van der Waals surface area (Å²) >= 11 is 10.1. The van der Waals surface area contributed by atoms with Crippen LogP contribution in [0.5, 0.6) is 0 Å². The number of hydrogen-bond donors (Lipinski definition) is 0. The maximum atomic E-state index is 5.19. The van der Waals surface area contributed by atoms with Gasteiger partial charge in [0.2, 0.25) is 0 Å². The predicted molar refractivity (Wildman–Crippen MR) is 24.3 cm³/mol. The molecule has 0 aliphatic rings. The summed E-state index contributed by atoms with van der Waals surface area (Å²) < 4.78 is 0.118. The summed E-state index contributed by atoms with van der Waals surface area (Å²) in [5, 5.41) is 0. The molecule has 0 N–H and O–H groups in total. The third kappa shape index (κ3) is 10.1. The molecular formula is CHBrClLi. The van der Waals surface area contributed by atoms with Crippen molar-refractivity contribution in [3.8, 4) is 0 Å². The average Bonchev–Trinajstić information content (AvgIpc) is 0.811. The molecule has 0 fully saturated rings. The van der Waals surface area contributed by atoms with E-state index < -0.39 is 0 Å². The fourth-order valence-electron chi connectivity index (χ4n) is 0. The van der Waals surface area contributed by atoms with E-state index in [0.29, 0.717) is 0 Å². The van der Waals surface area contributed by atoms with Crippen LogP contribution in [0.1, 0.15) is 0 Å². The van der Waals surface area contributed by atoms with Crippen LogP contribution in [0.4, 0.5) is 0 Å². The molecule has 0 aliphatic carbocycles. The second-order valence-electron chi connectivity index (χ2n) is 0.519. The number of hydrogen-bond acceptors (Lipinski definition) is 0. The number of alkyl halides is 2. The van der Waals surface area contributed by atoms with Gasteiger partial charge in [0.15, 0.2) is 0 Å². The van der Waals surface area contributed by atoms with Crippen LogP contribution in [0.15, 0.2) is 0 Å². The fraction of sp³-hybridized carbons (Fsp3) is 1.00. The van der Waals surface area contributed by atoms with Gasteiger partial charge in [0.1, 0.15) is 0 Å². The van der Waals surface area contributed by atoms with Crippen molar-refractivity contribution in [2.75, 3.05) is 0 Å². The van der Waals surface area contributed by atoms with Crippen molar-refractivity contribution >= 4 is 45.2 Å². The van der Waals surface area contributed by atoms with E-state index >= 15 is 0 Å². The Hall–Kier alpha value is 1.37. The molecule has 0 radical (unpaired) electrons. The molecule has 0 saturated heterocycles. The molecule has 0 nitrogen and oxygen atoms in total. The van der Waals surface area contributed by atoms with Gasteiger partial charge < -0.3 is 0 Å². The van der Waals surface area contributed by atoms with E-state index in [1.807, 2.05) is 17.7 Å². The molecule has 20 valence electrons. The van der Waals surface area contributed by atoms with Crippen LogP contribution < -0.4 is 0 Å². The van der Waals surface area contributed by atoms with Crippen LogP contribution in [0.2, 0.25) is 0 Å². The molecule has 0 aromatic rings. The SMILES string of the molecule is [Li][CH](Cl)Br. The van der Waals surface area contributed by atoms with Crippen LogP contribution in [-0.4, -0.2) is 20.7 Å². The minimum absolute atomic E-state index is 0.118. The molecule has 4 heavy (non-hydrogen) atoms. The topological polar surface area (TPSA) is 0 Å². The fourth-order valence-corrected chi connectivity index (χ4v) is 0. The molecule has 3 heteroatoms. The Morgan fingerprint density at radius 2 is 2.00 bits per heavy atom. The second kappa shape index (κ2) is 2.60. The third-order valence-electron chi connectivity index (χ3n) is 0. The molecule has 0 aromatic carbocycles. The van der Waals surface area contributed by atoms with Crippen LogP contribution in [0.3, 0.4) is 0 Å². The molecule has 0 aliphatic heterocycles. The van der Waals surface area contributed by atoms with Crippen molar-refractivity contribution in [1.82, 2.24) is 0 Å². The average molecular weight is 135 g/mol. The van der Waals surface area contributed by atoms with Gasteiger partial charge in [-0.3, -0.25) is 0 Å². The van der Waals surface area contributed by atoms with Gasteiger partial charge in [-0.15, -0.1) is 0 Å². The summed E-state index contributed by atoms with van der Waals surface area (Å²) in [4.78, 5) is 0. The van der Waals surface area contributed by atoms with Crippen molar-refractivity contribution in [3.05, 3.63) is 0 Å². The predicted octanol–water partition coefficient (Wildman–Crippen LogP) is 1.07. The van der Waals surface area contributed by atoms with Crippen LogP contribution in [0, 0.1) is 0 Å². The van der Waals surface area contributed by atoms with Crippen LogP contribution in [0.25, 0.3) is 0 Å². The summed E-state index contributed by atoms with van der Waals surface area (Å²) in [6.07, 6.45) is 0. The van der Waals surface area contributed by atoms with Gasteiger partial charge in [-0.05, 0) is 0 Å². The van der Waals surface area contributed by atoms with E-state index in [4.69, 9.17) is 11.6 Å². The first-order valence-corrected chi connectivity index (χ1v) is 2.37. The van der Waals surface area contributed by atoms with Gasteiger partial charge in [-0.25, -0.2) is 0 Å². The van der Waals surface area contributed by atoms with Gasteiger partial charge in [0.25, 0.3) is 0 Å². The Morgan fingerprint density at radius 3 is 2.00 bits per heavy atom. The maximum absolute atomic E-state index is 5.19. The van der Waals surface area contributed by atoms with E-state index in [0.717, 1.165) is 0 Å². The van der Waals surface area contributed by atoms with Gasteiger partial charge in [0.05, 0.1) is 0 Å². The van der Waals surface area contributed by atoms with E-state index in [1.165, 1.54) is 0 Å². The second-order valence-corrected chi connectivity index (χ2v) is 3.07. The van der Waals surface area contributed by atoms with Crippen molar-refractivity contribution in [2.45, 2.75) is 2.96 Å². The first-order chi connectivity index (χ1) is 1.73. The summed E-state index contributed by atoms with van der Waals surface area (Å²) in [6, 6.07) is 0. The molecule has 0 bridgehead atoms. The quantitative estimate of drug-likeness (QED) is 0.344. The molecule has 0 aromatic heterocycles. The zero-order chi connectivity index (χ0) is 3.58. The summed E-state index contributed by atoms with van der Waals surface area (Å²) in [7, 11) is 0. The normalized spacial score (nSPS) is 16.0. The number of halogens is 2. The van der Waals surface area contributed by atoms with E-state index in [9.17, 15) is 0 Å². The molecule has 1 atom stereocenters. The first-order valence-electron chi connectivity index (χ1n) is 1.01. The Morgan fingerprint density at radius 1 is 2.00 bits per heavy atom. The Bertz CT molecular complexity index is 12.8. The summed E-state index contributed by atoms with van der Waals surface area (Å²) in [5.41, 5.74) is 0. The van der Waals surface area contributed by atoms with Gasteiger partial charge in [0, 0.05) is 0 Å². The molecule has 0 amide bonds. The van der Waals surface area contributed by atoms with Crippen molar-refractivity contribution in [2.24, 2.45) is 0 Å². The van der Waals surface area contributed by atoms with Crippen LogP contribution >= 0.6 is 27.5 Å². The zero-order valence-corrected chi connectivity index (χ0v) is 4.68. The van der Waals surface area contributed by atoms with E-state index in [-0.39, 0.29) is 2.96 Å². The zero-order valence-electron chi connectivity index (χ0n) is 2.33. The monoisotopic (exact) mass is 134 g/mol. The standard InChI is InChI=1S/CHBrCl.Li/c2-1-3;/h1H;. The Balaban J connectivity index is 2.32. The Labute approximate surface area is 48.2 Å². The van der Waals surface area contributed by atoms with E-state index in [1.54, 1.807) is 0 Å². The van der Waals surface area contributed by atoms with Crippen molar-refractivity contribution in [1.29, 1.82) is 0 Å². The first kappa shape index (κ1) is 5.37. The van der Waals surface area contributed by atoms with E-state index in [2.05, 4.69) is 15.9 Å². The minimum atomic E-state index is 0.118. The molecular weight excluding hydrogens is 134 g/mol. The van der Waals surface area contributed by atoms with Gasteiger partial charge in [-0.2, -0.15) is 0 Å². The van der Waals surface area contributed by atoms with Gasteiger partial charge in [-0.1, -0.05) is 0 Å². The summed E-state index contributed by atoms with van der Waals surface area (Å²) in [5.74, 6) is 0. The van der Waals surface area contributed by atoms with Crippen molar-refractivity contribution in [3.63, 3.8) is 0 Å². The molecule has 1 unspecified atom stereocenters. The van der Waals surface area contributed by atoms with Gasteiger partial charge >= 0.3 is 48.2 Å². The molecule has 0 heterocycles.